The number of carbonyl (C=O) groups excluding carboxylic acids is 1. The predicted molar refractivity (Wildman–Crippen MR) is 106 cm³/mol. The molecular formula is C20H31ClN2O3. The third-order valence-corrected chi connectivity index (χ3v) is 5.50. The van der Waals surface area contributed by atoms with Crippen LogP contribution in [0.15, 0.2) is 18.2 Å². The van der Waals surface area contributed by atoms with E-state index in [4.69, 9.17) is 9.47 Å². The lowest BCUT2D eigenvalue weighted by Crippen LogP contribution is -2.47. The molecule has 1 saturated heterocycles. The SMILES string of the molecule is CNCCC1CCN(C(=O)C(C)(C)c2ccc3c(c2)OCCO3)CC1.Cl. The van der Waals surface area contributed by atoms with E-state index in [2.05, 4.69) is 5.32 Å². The molecule has 1 N–H and O–H groups in total. The summed E-state index contributed by atoms with van der Waals surface area (Å²) in [5.74, 6) is 2.45. The van der Waals surface area contributed by atoms with Crippen LogP contribution in [-0.4, -0.2) is 50.7 Å². The summed E-state index contributed by atoms with van der Waals surface area (Å²) >= 11 is 0. The monoisotopic (exact) mass is 382 g/mol. The van der Waals surface area contributed by atoms with Gasteiger partial charge in [-0.2, -0.15) is 0 Å². The topological polar surface area (TPSA) is 50.8 Å². The average molecular weight is 383 g/mol. The first kappa shape index (κ1) is 20.8. The fourth-order valence-electron chi connectivity index (χ4n) is 3.72. The van der Waals surface area contributed by atoms with Gasteiger partial charge in [0.2, 0.25) is 5.91 Å². The Labute approximate surface area is 162 Å². The summed E-state index contributed by atoms with van der Waals surface area (Å²) in [6.45, 7) is 7.94. The highest BCUT2D eigenvalue weighted by atomic mass is 35.5. The molecular weight excluding hydrogens is 352 g/mol. The first-order chi connectivity index (χ1) is 12.0. The zero-order valence-corrected chi connectivity index (χ0v) is 16.9. The minimum atomic E-state index is -0.562. The largest absolute Gasteiger partial charge is 0.486 e. The van der Waals surface area contributed by atoms with E-state index in [1.165, 1.54) is 6.42 Å². The second-order valence-electron chi connectivity index (χ2n) is 7.61. The normalized spacial score (nSPS) is 17.6. The second kappa shape index (κ2) is 8.96. The molecule has 1 aromatic rings. The van der Waals surface area contributed by atoms with Crippen LogP contribution in [0, 0.1) is 5.92 Å². The number of halogens is 1. The van der Waals surface area contributed by atoms with Gasteiger partial charge in [-0.1, -0.05) is 6.07 Å². The van der Waals surface area contributed by atoms with Crippen molar-refractivity contribution in [2.45, 2.75) is 38.5 Å². The molecule has 2 aliphatic rings. The molecule has 3 rings (SSSR count). The van der Waals surface area contributed by atoms with Crippen LogP contribution in [0.25, 0.3) is 0 Å². The van der Waals surface area contributed by atoms with Crippen molar-refractivity contribution in [1.82, 2.24) is 10.2 Å². The van der Waals surface area contributed by atoms with E-state index < -0.39 is 5.41 Å². The van der Waals surface area contributed by atoms with Gasteiger partial charge in [-0.15, -0.1) is 12.4 Å². The zero-order valence-electron chi connectivity index (χ0n) is 16.0. The molecule has 0 radical (unpaired) electrons. The van der Waals surface area contributed by atoms with E-state index in [1.807, 2.05) is 44.0 Å². The number of nitrogens with one attached hydrogen (secondary N) is 1. The summed E-state index contributed by atoms with van der Waals surface area (Å²) in [5, 5.41) is 3.22. The number of likely N-dealkylation sites (tertiary alicyclic amines) is 1. The number of amides is 1. The van der Waals surface area contributed by atoms with Crippen molar-refractivity contribution in [3.8, 4) is 11.5 Å². The van der Waals surface area contributed by atoms with E-state index in [0.717, 1.165) is 55.5 Å². The third-order valence-electron chi connectivity index (χ3n) is 5.50. The maximum absolute atomic E-state index is 13.2. The van der Waals surface area contributed by atoms with Crippen LogP contribution in [0.2, 0.25) is 0 Å². The molecule has 0 spiro atoms. The number of carbonyl (C=O) groups is 1. The summed E-state index contributed by atoms with van der Waals surface area (Å²) in [6.07, 6.45) is 3.40. The number of piperidine rings is 1. The first-order valence-electron chi connectivity index (χ1n) is 9.36. The fraction of sp³-hybridized carbons (Fsp3) is 0.650. The minimum absolute atomic E-state index is 0. The van der Waals surface area contributed by atoms with E-state index in [0.29, 0.717) is 13.2 Å². The molecule has 1 fully saturated rings. The molecule has 5 nitrogen and oxygen atoms in total. The molecule has 26 heavy (non-hydrogen) atoms. The van der Waals surface area contributed by atoms with Gasteiger partial charge in [-0.25, -0.2) is 0 Å². The first-order valence-corrected chi connectivity index (χ1v) is 9.36. The van der Waals surface area contributed by atoms with Crippen LogP contribution in [0.5, 0.6) is 11.5 Å². The van der Waals surface area contributed by atoms with Crippen LogP contribution in [-0.2, 0) is 10.2 Å². The van der Waals surface area contributed by atoms with Crippen molar-refractivity contribution in [3.05, 3.63) is 23.8 Å². The molecule has 6 heteroatoms. The lowest BCUT2D eigenvalue weighted by molar-refractivity contribution is -0.137. The Morgan fingerprint density at radius 1 is 1.19 bits per heavy atom. The van der Waals surface area contributed by atoms with Crippen LogP contribution in [0.3, 0.4) is 0 Å². The highest BCUT2D eigenvalue weighted by Crippen LogP contribution is 2.36. The Morgan fingerprint density at radius 3 is 2.50 bits per heavy atom. The van der Waals surface area contributed by atoms with Crippen LogP contribution < -0.4 is 14.8 Å². The summed E-state index contributed by atoms with van der Waals surface area (Å²) in [4.78, 5) is 15.2. The smallest absolute Gasteiger partial charge is 0.232 e. The quantitative estimate of drug-likeness (QED) is 0.850. The van der Waals surface area contributed by atoms with Crippen molar-refractivity contribution in [3.63, 3.8) is 0 Å². The maximum Gasteiger partial charge on any atom is 0.232 e. The molecule has 2 aliphatic heterocycles. The maximum atomic E-state index is 13.2. The molecule has 0 bridgehead atoms. The Balaban J connectivity index is 0.00000243. The number of nitrogens with zero attached hydrogens (tertiary/aromatic N) is 1. The zero-order chi connectivity index (χ0) is 17.9. The molecule has 1 aromatic carbocycles. The van der Waals surface area contributed by atoms with Gasteiger partial charge in [-0.3, -0.25) is 4.79 Å². The van der Waals surface area contributed by atoms with Gasteiger partial charge in [0.05, 0.1) is 5.41 Å². The number of hydrogen-bond donors (Lipinski definition) is 1. The lowest BCUT2D eigenvalue weighted by Gasteiger charge is -2.37. The van der Waals surface area contributed by atoms with Crippen LogP contribution in [0.4, 0.5) is 0 Å². The number of hydrogen-bond acceptors (Lipinski definition) is 4. The second-order valence-corrected chi connectivity index (χ2v) is 7.61. The van der Waals surface area contributed by atoms with Gasteiger partial charge in [0.25, 0.3) is 0 Å². The highest BCUT2D eigenvalue weighted by Gasteiger charge is 2.36. The summed E-state index contributed by atoms with van der Waals surface area (Å²) in [7, 11) is 1.99. The minimum Gasteiger partial charge on any atom is -0.486 e. The van der Waals surface area contributed by atoms with Gasteiger partial charge < -0.3 is 19.7 Å². The van der Waals surface area contributed by atoms with Crippen molar-refractivity contribution in [1.29, 1.82) is 0 Å². The van der Waals surface area contributed by atoms with Gasteiger partial charge in [0, 0.05) is 13.1 Å². The Hall–Kier alpha value is -1.46. The van der Waals surface area contributed by atoms with Crippen molar-refractivity contribution in [2.24, 2.45) is 5.92 Å². The molecule has 0 atom stereocenters. The van der Waals surface area contributed by atoms with E-state index >= 15 is 0 Å². The van der Waals surface area contributed by atoms with E-state index in [9.17, 15) is 4.79 Å². The predicted octanol–water partition coefficient (Wildman–Crippen LogP) is 3.01. The molecule has 0 saturated carbocycles. The van der Waals surface area contributed by atoms with Crippen molar-refractivity contribution in [2.75, 3.05) is 39.9 Å². The van der Waals surface area contributed by atoms with Crippen molar-refractivity contribution >= 4 is 18.3 Å². The average Bonchev–Trinajstić information content (AvgIpc) is 2.65. The molecule has 1 amide bonds. The Kier molecular flexibility index (Phi) is 7.18. The summed E-state index contributed by atoms with van der Waals surface area (Å²) in [5.41, 5.74) is 0.423. The number of benzene rings is 1. The summed E-state index contributed by atoms with van der Waals surface area (Å²) in [6, 6.07) is 5.87. The standard InChI is InChI=1S/C20H30N2O3.ClH/c1-20(2,16-4-5-17-18(14-16)25-13-12-24-17)19(23)22-10-7-15(8-11-22)6-9-21-3;/h4-5,14-15,21H,6-13H2,1-3H3;1H. The molecule has 146 valence electrons. The summed E-state index contributed by atoms with van der Waals surface area (Å²) < 4.78 is 11.3. The Bertz CT molecular complexity index is 613. The molecule has 2 heterocycles. The number of fused-ring (bicyclic) bond motifs is 1. The van der Waals surface area contributed by atoms with E-state index in [1.54, 1.807) is 0 Å². The van der Waals surface area contributed by atoms with E-state index in [-0.39, 0.29) is 18.3 Å². The molecule has 0 unspecified atom stereocenters. The molecule has 0 aliphatic carbocycles. The van der Waals surface area contributed by atoms with Crippen LogP contribution in [0.1, 0.15) is 38.7 Å². The van der Waals surface area contributed by atoms with Crippen LogP contribution >= 0.6 is 12.4 Å². The van der Waals surface area contributed by atoms with Gasteiger partial charge in [0.1, 0.15) is 13.2 Å². The number of rotatable bonds is 5. The van der Waals surface area contributed by atoms with Crippen molar-refractivity contribution < 1.29 is 14.3 Å². The molecule has 0 aromatic heterocycles. The third kappa shape index (κ3) is 4.44. The fourth-order valence-corrected chi connectivity index (χ4v) is 3.72. The Morgan fingerprint density at radius 2 is 1.85 bits per heavy atom. The van der Waals surface area contributed by atoms with Gasteiger partial charge in [0.15, 0.2) is 11.5 Å². The highest BCUT2D eigenvalue weighted by molar-refractivity contribution is 5.87. The lowest BCUT2D eigenvalue weighted by atomic mass is 9.82. The number of ether oxygens (including phenoxy) is 2. The van der Waals surface area contributed by atoms with Gasteiger partial charge >= 0.3 is 0 Å². The van der Waals surface area contributed by atoms with Gasteiger partial charge in [-0.05, 0) is 70.3 Å².